The molecule has 172 valence electrons. The lowest BCUT2D eigenvalue weighted by atomic mass is 10.1. The minimum atomic E-state index is -0.598. The maximum atomic E-state index is 14.0. The summed E-state index contributed by atoms with van der Waals surface area (Å²) in [4.78, 5) is 28.8. The molecule has 10 heteroatoms. The number of benzene rings is 2. The Balaban J connectivity index is 1.30. The Hall–Kier alpha value is -2.94. The van der Waals surface area contributed by atoms with Crippen molar-refractivity contribution < 1.29 is 14.0 Å². The van der Waals surface area contributed by atoms with Crippen molar-refractivity contribution in [3.8, 4) is 0 Å². The van der Waals surface area contributed by atoms with Gasteiger partial charge in [0.2, 0.25) is 5.91 Å². The molecule has 0 radical (unpaired) electrons. The number of amides is 2. The molecule has 3 aromatic rings. The van der Waals surface area contributed by atoms with Crippen LogP contribution in [0.4, 0.5) is 10.2 Å². The standard InChI is InChI=1S/C23H22Cl2FN5O2/c24-17-5-6-20(26)18(13-17)23(33)30-11-9-29(10-12-30)15-22(32)28-21-7-8-27-31(21)14-16-3-1-2-4-19(16)25/h1-8,13H,9-12,14-15H2,(H,28,32). The maximum Gasteiger partial charge on any atom is 0.256 e. The van der Waals surface area contributed by atoms with Gasteiger partial charge in [0, 0.05) is 42.3 Å². The molecule has 1 fully saturated rings. The molecule has 0 atom stereocenters. The molecule has 1 saturated heterocycles. The molecule has 0 aliphatic carbocycles. The number of carbonyl (C=O) groups is 2. The van der Waals surface area contributed by atoms with E-state index < -0.39 is 11.7 Å². The third-order valence-electron chi connectivity index (χ3n) is 5.45. The summed E-state index contributed by atoms with van der Waals surface area (Å²) in [6.45, 7) is 2.39. The number of rotatable bonds is 6. The molecule has 0 bridgehead atoms. The average molecular weight is 490 g/mol. The van der Waals surface area contributed by atoms with Gasteiger partial charge in [0.25, 0.3) is 5.91 Å². The van der Waals surface area contributed by atoms with Crippen molar-refractivity contribution in [1.29, 1.82) is 0 Å². The van der Waals surface area contributed by atoms with Crippen molar-refractivity contribution in [3.05, 3.63) is 81.7 Å². The molecule has 2 heterocycles. The van der Waals surface area contributed by atoms with E-state index in [-0.39, 0.29) is 18.0 Å². The SMILES string of the molecule is O=C(CN1CCN(C(=O)c2cc(Cl)ccc2F)CC1)Nc1ccnn1Cc1ccccc1Cl. The summed E-state index contributed by atoms with van der Waals surface area (Å²) >= 11 is 12.1. The van der Waals surface area contributed by atoms with Crippen molar-refractivity contribution in [2.24, 2.45) is 0 Å². The van der Waals surface area contributed by atoms with Crippen LogP contribution in [0.1, 0.15) is 15.9 Å². The van der Waals surface area contributed by atoms with E-state index in [2.05, 4.69) is 10.4 Å². The molecule has 1 N–H and O–H groups in total. The third-order valence-corrected chi connectivity index (χ3v) is 6.05. The van der Waals surface area contributed by atoms with Crippen molar-refractivity contribution in [2.75, 3.05) is 38.0 Å². The van der Waals surface area contributed by atoms with Gasteiger partial charge in [-0.25, -0.2) is 9.07 Å². The lowest BCUT2D eigenvalue weighted by molar-refractivity contribution is -0.117. The van der Waals surface area contributed by atoms with Gasteiger partial charge in [0.1, 0.15) is 11.6 Å². The summed E-state index contributed by atoms with van der Waals surface area (Å²) in [6, 6.07) is 13.1. The molecular weight excluding hydrogens is 468 g/mol. The van der Waals surface area contributed by atoms with E-state index in [0.717, 1.165) is 5.56 Å². The predicted molar refractivity (Wildman–Crippen MR) is 125 cm³/mol. The van der Waals surface area contributed by atoms with E-state index in [4.69, 9.17) is 23.2 Å². The summed E-state index contributed by atoms with van der Waals surface area (Å²) in [7, 11) is 0. The Labute approximate surface area is 200 Å². The second kappa shape index (κ2) is 10.3. The van der Waals surface area contributed by atoms with Gasteiger partial charge in [0.05, 0.1) is 24.8 Å². The molecule has 0 unspecified atom stereocenters. The molecule has 4 rings (SSSR count). The predicted octanol–water partition coefficient (Wildman–Crippen LogP) is 3.77. The lowest BCUT2D eigenvalue weighted by Crippen LogP contribution is -2.50. The zero-order chi connectivity index (χ0) is 23.4. The van der Waals surface area contributed by atoms with Crippen LogP contribution in [0.15, 0.2) is 54.7 Å². The molecule has 2 aromatic carbocycles. The van der Waals surface area contributed by atoms with Crippen molar-refractivity contribution in [1.82, 2.24) is 19.6 Å². The number of nitrogens with zero attached hydrogens (tertiary/aromatic N) is 4. The lowest BCUT2D eigenvalue weighted by Gasteiger charge is -2.34. The number of anilines is 1. The Kier molecular flexibility index (Phi) is 7.27. The van der Waals surface area contributed by atoms with Gasteiger partial charge < -0.3 is 10.2 Å². The van der Waals surface area contributed by atoms with Gasteiger partial charge in [-0.3, -0.25) is 14.5 Å². The van der Waals surface area contributed by atoms with Crippen molar-refractivity contribution in [3.63, 3.8) is 0 Å². The van der Waals surface area contributed by atoms with E-state index in [1.165, 1.54) is 18.2 Å². The zero-order valence-electron chi connectivity index (χ0n) is 17.7. The average Bonchev–Trinajstić information content (AvgIpc) is 3.23. The second-order valence-corrected chi connectivity index (χ2v) is 8.55. The topological polar surface area (TPSA) is 70.5 Å². The molecule has 7 nitrogen and oxygen atoms in total. The van der Waals surface area contributed by atoms with Crippen LogP contribution in [0.3, 0.4) is 0 Å². The Morgan fingerprint density at radius 1 is 1.03 bits per heavy atom. The van der Waals surface area contributed by atoms with Crippen molar-refractivity contribution in [2.45, 2.75) is 6.54 Å². The monoisotopic (exact) mass is 489 g/mol. The number of hydrogen-bond acceptors (Lipinski definition) is 4. The number of carbonyl (C=O) groups excluding carboxylic acids is 2. The summed E-state index contributed by atoms with van der Waals surface area (Å²) in [5.74, 6) is -0.607. The van der Waals surface area contributed by atoms with Gasteiger partial charge >= 0.3 is 0 Å². The molecule has 1 aliphatic heterocycles. The van der Waals surface area contributed by atoms with Crippen LogP contribution >= 0.6 is 23.2 Å². The van der Waals surface area contributed by atoms with E-state index >= 15 is 0 Å². The number of hydrogen-bond donors (Lipinski definition) is 1. The Bertz CT molecular complexity index is 1160. The Morgan fingerprint density at radius 2 is 1.79 bits per heavy atom. The zero-order valence-corrected chi connectivity index (χ0v) is 19.2. The van der Waals surface area contributed by atoms with Crippen LogP contribution in [0.5, 0.6) is 0 Å². The molecule has 1 aliphatic rings. The van der Waals surface area contributed by atoms with Crippen LogP contribution in [-0.2, 0) is 11.3 Å². The minimum Gasteiger partial charge on any atom is -0.336 e. The number of halogens is 3. The first-order valence-corrected chi connectivity index (χ1v) is 11.2. The van der Waals surface area contributed by atoms with Crippen LogP contribution < -0.4 is 5.32 Å². The highest BCUT2D eigenvalue weighted by Gasteiger charge is 2.25. The van der Waals surface area contributed by atoms with Crippen LogP contribution in [0, 0.1) is 5.82 Å². The van der Waals surface area contributed by atoms with E-state index in [1.54, 1.807) is 21.8 Å². The summed E-state index contributed by atoms with van der Waals surface area (Å²) in [6.07, 6.45) is 1.62. The van der Waals surface area contributed by atoms with E-state index in [0.29, 0.717) is 48.6 Å². The summed E-state index contributed by atoms with van der Waals surface area (Å²) < 4.78 is 15.7. The number of nitrogens with one attached hydrogen (secondary N) is 1. The largest absolute Gasteiger partial charge is 0.336 e. The van der Waals surface area contributed by atoms with Gasteiger partial charge in [-0.1, -0.05) is 41.4 Å². The fraction of sp³-hybridized carbons (Fsp3) is 0.261. The second-order valence-electron chi connectivity index (χ2n) is 7.71. The molecular formula is C23H22Cl2FN5O2. The van der Waals surface area contributed by atoms with Gasteiger partial charge in [-0.15, -0.1) is 0 Å². The highest BCUT2D eigenvalue weighted by molar-refractivity contribution is 6.31. The first-order chi connectivity index (χ1) is 15.9. The van der Waals surface area contributed by atoms with Gasteiger partial charge in [0.15, 0.2) is 0 Å². The Morgan fingerprint density at radius 3 is 2.55 bits per heavy atom. The van der Waals surface area contributed by atoms with E-state index in [9.17, 15) is 14.0 Å². The molecule has 0 spiro atoms. The summed E-state index contributed by atoms with van der Waals surface area (Å²) in [5.41, 5.74) is 0.857. The highest BCUT2D eigenvalue weighted by Crippen LogP contribution is 2.19. The smallest absolute Gasteiger partial charge is 0.256 e. The van der Waals surface area contributed by atoms with Crippen LogP contribution in [0.2, 0.25) is 10.0 Å². The number of aromatic nitrogens is 2. The fourth-order valence-electron chi connectivity index (χ4n) is 3.68. The first kappa shape index (κ1) is 23.2. The quantitative estimate of drug-likeness (QED) is 0.571. The van der Waals surface area contributed by atoms with Gasteiger partial charge in [-0.2, -0.15) is 5.10 Å². The molecule has 2 amide bonds. The molecule has 0 saturated carbocycles. The molecule has 33 heavy (non-hydrogen) atoms. The van der Waals surface area contributed by atoms with Gasteiger partial charge in [-0.05, 0) is 29.8 Å². The molecule has 1 aromatic heterocycles. The summed E-state index contributed by atoms with van der Waals surface area (Å²) in [5, 5.41) is 8.10. The van der Waals surface area contributed by atoms with Crippen molar-refractivity contribution >= 4 is 40.8 Å². The van der Waals surface area contributed by atoms with Crippen LogP contribution in [-0.4, -0.2) is 64.1 Å². The first-order valence-electron chi connectivity index (χ1n) is 10.4. The number of piperazine rings is 1. The fourth-order valence-corrected chi connectivity index (χ4v) is 4.05. The minimum absolute atomic E-state index is 0.0412. The van der Waals surface area contributed by atoms with Crippen LogP contribution in [0.25, 0.3) is 0 Å². The van der Waals surface area contributed by atoms with E-state index in [1.807, 2.05) is 29.2 Å². The maximum absolute atomic E-state index is 14.0. The normalized spacial score (nSPS) is 14.3. The highest BCUT2D eigenvalue weighted by atomic mass is 35.5. The third kappa shape index (κ3) is 5.71.